The fourth-order valence-corrected chi connectivity index (χ4v) is 17.6. The molecule has 15 atom stereocenters. The molecule has 3 rings (SSSR count). The predicted octanol–water partition coefficient (Wildman–Crippen LogP) is 24.6. The predicted molar refractivity (Wildman–Crippen MR) is 501 cm³/mol. The van der Waals surface area contributed by atoms with Crippen LogP contribution in [-0.2, 0) is 76.3 Å². The molecule has 0 bridgehead atoms. The van der Waals surface area contributed by atoms with Crippen molar-refractivity contribution in [2.75, 3.05) is 45.9 Å². The first-order chi connectivity index (χ1) is 66.4. The topological polar surface area (TPSA) is 327 Å². The number of aliphatic hydroxyl groups is 4. The van der Waals surface area contributed by atoms with E-state index in [0.717, 1.165) is 6.92 Å². The third-order valence-electron chi connectivity index (χ3n) is 29.9. The minimum atomic E-state index is -5.16. The summed E-state index contributed by atoms with van der Waals surface area (Å²) in [5.41, 5.74) is -29.7. The number of hydrogen-bond acceptors (Lipinski definition) is 23. The van der Waals surface area contributed by atoms with E-state index in [1.807, 2.05) is 0 Å². The van der Waals surface area contributed by atoms with E-state index in [9.17, 15) is 164 Å². The molecule has 149 heavy (non-hydrogen) atoms. The van der Waals surface area contributed by atoms with Crippen LogP contribution in [0.4, 0.5) is 110 Å². The zero-order valence-corrected chi connectivity index (χ0v) is 91.5. The highest BCUT2D eigenvalue weighted by atomic mass is 19.4. The molecule has 3 fully saturated rings. The number of hydrogen-bond donors (Lipinski definition) is 7. The number of carbonyl (C=O) groups is 8. The lowest BCUT2D eigenvalue weighted by molar-refractivity contribution is -0.275. The van der Waals surface area contributed by atoms with E-state index in [1.165, 1.54) is 62.3 Å². The van der Waals surface area contributed by atoms with E-state index in [-0.39, 0.29) is 96.4 Å². The molecule has 0 amide bonds. The van der Waals surface area contributed by atoms with Crippen molar-refractivity contribution < 1.29 is 206 Å². The molecule has 3 aliphatic rings. The number of ether oxygens (including phenoxy) is 8. The summed E-state index contributed by atoms with van der Waals surface area (Å²) >= 11 is 0. The number of rotatable bonds is 50. The summed E-state index contributed by atoms with van der Waals surface area (Å²) in [6, 6.07) is -0.879. The zero-order valence-electron chi connectivity index (χ0n) is 91.5. The fourth-order valence-electron chi connectivity index (χ4n) is 17.6. The van der Waals surface area contributed by atoms with Crippen LogP contribution in [0.25, 0.3) is 0 Å². The molecule has 0 radical (unpaired) electrons. The number of halogens is 25. The van der Waals surface area contributed by atoms with Gasteiger partial charge in [0, 0.05) is 37.4 Å². The monoisotopic (exact) mass is 2220 g/mol. The average Bonchev–Trinajstić information content (AvgIpc) is 1.58. The minimum absolute atomic E-state index is 0.00392. The van der Waals surface area contributed by atoms with Crippen LogP contribution in [0.1, 0.15) is 361 Å². The van der Waals surface area contributed by atoms with Gasteiger partial charge in [-0.1, -0.05) is 90.0 Å². The quantitative estimate of drug-likeness (QED) is 0.0129. The summed E-state index contributed by atoms with van der Waals surface area (Å²) in [5, 5.41) is 46.6. The number of esters is 8. The van der Waals surface area contributed by atoms with Gasteiger partial charge in [-0.05, 0) is 282 Å². The fraction of sp³-hybridized carbons (Fsp3) is 0.921. The molecule has 880 valence electrons. The van der Waals surface area contributed by atoms with Crippen molar-refractivity contribution in [1.29, 1.82) is 0 Å². The third kappa shape index (κ3) is 43.0. The maximum absolute atomic E-state index is 16.1. The van der Waals surface area contributed by atoms with Gasteiger partial charge in [0.15, 0.2) is 27.8 Å². The molecule has 0 spiro atoms. The highest BCUT2D eigenvalue weighted by Gasteiger charge is 2.65. The Morgan fingerprint density at radius 3 is 0.940 bits per heavy atom. The van der Waals surface area contributed by atoms with Gasteiger partial charge in [-0.3, -0.25) is 33.6 Å². The first-order valence-electron chi connectivity index (χ1n) is 50.3. The van der Waals surface area contributed by atoms with Crippen molar-refractivity contribution in [3.05, 3.63) is 0 Å². The molecule has 0 aliphatic heterocycles. The molecule has 3 aliphatic carbocycles. The van der Waals surface area contributed by atoms with Gasteiger partial charge >= 0.3 is 97.2 Å². The summed E-state index contributed by atoms with van der Waals surface area (Å²) in [7, 11) is 0. The maximum Gasteiger partial charge on any atom is 0.417 e. The van der Waals surface area contributed by atoms with E-state index in [0.29, 0.717) is 91.9 Å². The van der Waals surface area contributed by atoms with Crippen LogP contribution in [0.2, 0.25) is 0 Å². The third-order valence-corrected chi connectivity index (χ3v) is 29.9. The van der Waals surface area contributed by atoms with Gasteiger partial charge in [0.05, 0.1) is 52.6 Å². The Morgan fingerprint density at radius 2 is 0.671 bits per heavy atom. The molecule has 15 unspecified atom stereocenters. The van der Waals surface area contributed by atoms with Gasteiger partial charge in [-0.25, -0.2) is 9.18 Å². The number of carbonyl (C=O) groups excluding carboxylic acids is 8. The Morgan fingerprint density at radius 1 is 0.356 bits per heavy atom. The van der Waals surface area contributed by atoms with Gasteiger partial charge in [0.2, 0.25) is 5.67 Å². The Balaban J connectivity index is 0.00000196. The largest absolute Gasteiger partial charge is 0.464 e. The Kier molecular flexibility index (Phi) is 51.4. The molecule has 48 heteroatoms. The smallest absolute Gasteiger partial charge is 0.417 e. The van der Waals surface area contributed by atoms with Crippen LogP contribution in [0.5, 0.6) is 0 Å². The zero-order chi connectivity index (χ0) is 118. The SMILES string of the molecule is CCC(C)(CC(C)(C)C(=O)OCCNCC(F)(F)F)C(=O)OC1(CC(C)C(C)(O)C(F)(F)F)CCCC1.CCC(C)(CC(C)(C)C(=O)OCCNCC(F)(F)F)C(=O)OC1(CC(C)C(C)(O)C(F)(F)F)CCCC1.CCC(CC(C)C(=O)OC(C)(C)C(C)(C)C)(C(=O)OC(CC(C)C)CC(C)(O)C(F)(F)F)C(F)(F)F.CCC(F)(CC(C)(C)C(=O)OC(C)C(C)NCC(F)(F)F)C(=O)OC1(CC(C)C(C)(O)C(F)(F)F)CCCC1. The van der Waals surface area contributed by atoms with E-state index >= 15 is 4.39 Å². The minimum Gasteiger partial charge on any atom is -0.464 e. The Labute approximate surface area is 859 Å². The molecule has 0 heterocycles. The molecule has 0 aromatic rings. The summed E-state index contributed by atoms with van der Waals surface area (Å²) in [4.78, 5) is 104. The van der Waals surface area contributed by atoms with Crippen LogP contribution in [-0.4, -0.2) is 232 Å². The normalized spacial score (nSPS) is 20.4. The summed E-state index contributed by atoms with van der Waals surface area (Å²) in [6.07, 6.45) is -39.5. The molecule has 7 N–H and O–H groups in total. The molecule has 3 saturated carbocycles. The van der Waals surface area contributed by atoms with Gasteiger partial charge in [-0.2, -0.15) is 105 Å². The number of nitrogens with one attached hydrogen (secondary N) is 3. The van der Waals surface area contributed by atoms with Crippen molar-refractivity contribution in [3.8, 4) is 0 Å². The lowest BCUT2D eigenvalue weighted by Crippen LogP contribution is -2.52. The summed E-state index contributed by atoms with van der Waals surface area (Å²) < 4.78 is 373. The summed E-state index contributed by atoms with van der Waals surface area (Å²) in [6.45, 7) is 35.3. The highest BCUT2D eigenvalue weighted by Crippen LogP contribution is 2.55. The Bertz CT molecular complexity index is 4050. The van der Waals surface area contributed by atoms with Crippen molar-refractivity contribution >= 4 is 47.8 Å². The second-order valence-corrected chi connectivity index (χ2v) is 46.5. The van der Waals surface area contributed by atoms with Crippen LogP contribution >= 0.6 is 0 Å². The first kappa shape index (κ1) is 143. The van der Waals surface area contributed by atoms with Crippen molar-refractivity contribution in [2.45, 2.75) is 479 Å². The van der Waals surface area contributed by atoms with Crippen molar-refractivity contribution in [1.82, 2.24) is 16.0 Å². The molecular weight excluding hydrogens is 2050 g/mol. The highest BCUT2D eigenvalue weighted by molar-refractivity contribution is 5.84. The van der Waals surface area contributed by atoms with E-state index in [1.54, 1.807) is 104 Å². The van der Waals surface area contributed by atoms with Crippen LogP contribution < -0.4 is 16.0 Å². The van der Waals surface area contributed by atoms with Gasteiger partial charge < -0.3 is 74.3 Å². The molecular formula is C101H166F25N3O20. The van der Waals surface area contributed by atoms with Gasteiger partial charge in [0.25, 0.3) is 0 Å². The van der Waals surface area contributed by atoms with Crippen molar-refractivity contribution in [3.63, 3.8) is 0 Å². The second-order valence-electron chi connectivity index (χ2n) is 46.5. The van der Waals surface area contributed by atoms with Gasteiger partial charge in [0.1, 0.15) is 47.8 Å². The first-order valence-corrected chi connectivity index (χ1v) is 50.3. The Hall–Kier alpha value is -6.27. The van der Waals surface area contributed by atoms with Crippen molar-refractivity contribution in [2.24, 2.45) is 67.5 Å². The molecule has 23 nitrogen and oxygen atoms in total. The van der Waals surface area contributed by atoms with Crippen LogP contribution in [0.15, 0.2) is 0 Å². The van der Waals surface area contributed by atoms with E-state index in [4.69, 9.17) is 37.9 Å². The molecule has 0 aromatic heterocycles. The lowest BCUT2D eigenvalue weighted by Gasteiger charge is -2.41. The average molecular weight is 2220 g/mol. The standard InChI is InChI=1S/C26H42F7NO5.2C25H41F6NO5.C25H42F6O5/c1-8-24(27,14-21(5,6)19(35)38-18(4)17(3)34-15-25(28,29)30)20(36)39-23(11-9-10-12-23)13-16(2)22(7,37)26(31,32)33;2*1-7-21(5,15-20(3,4)18(33)36-13-12-32-16-24(26,27)28)19(34)37-23(10-8-9-11-23)14-17(2)22(6,35)25(29,30)31;1-11-23(25(29,30)31,13-16(4)18(32)36-21(8,9)20(5,6)7)19(33)35-17(12-15(2)3)14-22(10,34)24(26,27)28/h16-18,34,37H,8-15H2,1-7H3;2*17,32,35H,7-16H2,1-6H3;15-17,34H,11-14H2,1-10H3. The second kappa shape index (κ2) is 53.7. The summed E-state index contributed by atoms with van der Waals surface area (Å²) in [5.74, 6) is -13.2. The van der Waals surface area contributed by atoms with Crippen LogP contribution in [0, 0.1) is 67.5 Å². The van der Waals surface area contributed by atoms with Crippen LogP contribution in [0.3, 0.4) is 0 Å². The van der Waals surface area contributed by atoms with Gasteiger partial charge in [-0.15, -0.1) is 0 Å². The molecule has 0 saturated heterocycles. The van der Waals surface area contributed by atoms with E-state index in [2.05, 4.69) is 16.0 Å². The maximum atomic E-state index is 16.1. The molecule has 0 aromatic carbocycles. The number of alkyl halides is 25. The lowest BCUT2D eigenvalue weighted by atomic mass is 9.72. The van der Waals surface area contributed by atoms with E-state index < -0.39 is 279 Å².